The van der Waals surface area contributed by atoms with Crippen molar-refractivity contribution >= 4 is 17.9 Å². The lowest BCUT2D eigenvalue weighted by Gasteiger charge is -2.34. The summed E-state index contributed by atoms with van der Waals surface area (Å²) < 4.78 is 5.26. The van der Waals surface area contributed by atoms with Gasteiger partial charge in [0.05, 0.1) is 6.61 Å². The van der Waals surface area contributed by atoms with E-state index in [-0.39, 0.29) is 18.2 Å². The van der Waals surface area contributed by atoms with Crippen molar-refractivity contribution in [3.8, 4) is 5.75 Å². The van der Waals surface area contributed by atoms with Crippen LogP contribution in [0, 0.1) is 0 Å². The molecule has 0 fully saturated rings. The number of unbranched alkanes of at least 4 members (excludes halogenated alkanes) is 5. The van der Waals surface area contributed by atoms with E-state index in [1.54, 1.807) is 32.9 Å². The standard InChI is InChI=1S/C27H45N3O6/c1-6-8-10-11-12-18-30(25(34)22(19-31)29-26(35)36-27(3,4)5)23(24(33)28-17-9-7-2)20-13-15-21(32)16-14-20/h13-16,22-23,31-32H,6-12,17-19H2,1-5H3,(H,28,33)(H,29,35). The highest BCUT2D eigenvalue weighted by Crippen LogP contribution is 2.25. The predicted octanol–water partition coefficient (Wildman–Crippen LogP) is 4.03. The van der Waals surface area contributed by atoms with E-state index in [1.807, 2.05) is 6.92 Å². The first-order valence-electron chi connectivity index (χ1n) is 13.0. The number of hydrogen-bond acceptors (Lipinski definition) is 6. The number of amides is 3. The topological polar surface area (TPSA) is 128 Å². The van der Waals surface area contributed by atoms with Gasteiger partial charge in [0.2, 0.25) is 11.8 Å². The third kappa shape index (κ3) is 11.3. The van der Waals surface area contributed by atoms with Crippen LogP contribution < -0.4 is 10.6 Å². The highest BCUT2D eigenvalue weighted by Gasteiger charge is 2.35. The summed E-state index contributed by atoms with van der Waals surface area (Å²) >= 11 is 0. The minimum atomic E-state index is -1.28. The highest BCUT2D eigenvalue weighted by atomic mass is 16.6. The monoisotopic (exact) mass is 507 g/mol. The van der Waals surface area contributed by atoms with Crippen molar-refractivity contribution in [1.82, 2.24) is 15.5 Å². The third-order valence-corrected chi connectivity index (χ3v) is 5.56. The molecule has 0 saturated carbocycles. The zero-order valence-electron chi connectivity index (χ0n) is 22.5. The lowest BCUT2D eigenvalue weighted by Crippen LogP contribution is -2.54. The third-order valence-electron chi connectivity index (χ3n) is 5.56. The second-order valence-corrected chi connectivity index (χ2v) is 9.97. The number of aliphatic hydroxyl groups is 1. The fourth-order valence-electron chi connectivity index (χ4n) is 3.70. The maximum atomic E-state index is 13.7. The molecule has 2 unspecified atom stereocenters. The number of phenols is 1. The summed E-state index contributed by atoms with van der Waals surface area (Å²) in [6, 6.07) is 3.87. The van der Waals surface area contributed by atoms with Crippen LogP contribution in [0.5, 0.6) is 5.75 Å². The number of rotatable bonds is 15. The molecule has 1 aromatic carbocycles. The molecule has 36 heavy (non-hydrogen) atoms. The Labute approximate surface area is 215 Å². The maximum Gasteiger partial charge on any atom is 0.408 e. The molecule has 0 saturated heterocycles. The minimum absolute atomic E-state index is 0.0427. The number of carbonyl (C=O) groups excluding carboxylic acids is 3. The van der Waals surface area contributed by atoms with E-state index in [1.165, 1.54) is 17.0 Å². The molecule has 1 aromatic rings. The Balaban J connectivity index is 3.29. The number of carbonyl (C=O) groups is 3. The SMILES string of the molecule is CCCCCCCN(C(=O)C(CO)NC(=O)OC(C)(C)C)C(C(=O)NCCCC)c1ccc(O)cc1. The van der Waals surface area contributed by atoms with Gasteiger partial charge in [-0.25, -0.2) is 4.79 Å². The number of hydrogen-bond donors (Lipinski definition) is 4. The predicted molar refractivity (Wildman–Crippen MR) is 139 cm³/mol. The Kier molecular flexibility index (Phi) is 13.9. The Morgan fingerprint density at radius 2 is 1.58 bits per heavy atom. The molecule has 3 amide bonds. The number of benzene rings is 1. The van der Waals surface area contributed by atoms with Crippen LogP contribution in [0.4, 0.5) is 4.79 Å². The first-order chi connectivity index (χ1) is 17.0. The Morgan fingerprint density at radius 1 is 0.972 bits per heavy atom. The first kappa shape index (κ1) is 31.2. The van der Waals surface area contributed by atoms with Crippen LogP contribution in [-0.4, -0.2) is 64.4 Å². The van der Waals surface area contributed by atoms with Crippen LogP contribution in [0.15, 0.2) is 24.3 Å². The largest absolute Gasteiger partial charge is 0.508 e. The molecule has 0 aliphatic carbocycles. The van der Waals surface area contributed by atoms with Gasteiger partial charge >= 0.3 is 6.09 Å². The number of aromatic hydroxyl groups is 1. The van der Waals surface area contributed by atoms with Crippen molar-refractivity contribution in [3.63, 3.8) is 0 Å². The van der Waals surface area contributed by atoms with Gasteiger partial charge in [0.15, 0.2) is 0 Å². The summed E-state index contributed by atoms with van der Waals surface area (Å²) in [6.07, 6.45) is 5.55. The molecule has 0 spiro atoms. The summed E-state index contributed by atoms with van der Waals surface area (Å²) in [7, 11) is 0. The Morgan fingerprint density at radius 3 is 2.14 bits per heavy atom. The van der Waals surface area contributed by atoms with E-state index >= 15 is 0 Å². The molecule has 0 radical (unpaired) electrons. The zero-order valence-corrected chi connectivity index (χ0v) is 22.5. The lowest BCUT2D eigenvalue weighted by molar-refractivity contribution is -0.143. The summed E-state index contributed by atoms with van der Waals surface area (Å²) in [6.45, 7) is 9.31. The van der Waals surface area contributed by atoms with Gasteiger partial charge in [-0.2, -0.15) is 0 Å². The van der Waals surface area contributed by atoms with Gasteiger partial charge in [0.25, 0.3) is 0 Å². The fourth-order valence-corrected chi connectivity index (χ4v) is 3.70. The second kappa shape index (κ2) is 16.0. The van der Waals surface area contributed by atoms with Crippen LogP contribution in [0.3, 0.4) is 0 Å². The zero-order chi connectivity index (χ0) is 27.1. The van der Waals surface area contributed by atoms with Crippen molar-refractivity contribution in [1.29, 1.82) is 0 Å². The molecule has 0 aliphatic rings. The van der Waals surface area contributed by atoms with Crippen molar-refractivity contribution in [2.45, 2.75) is 97.2 Å². The molecule has 0 aliphatic heterocycles. The summed E-state index contributed by atoms with van der Waals surface area (Å²) in [4.78, 5) is 40.8. The number of phenolic OH excluding ortho intramolecular Hbond substituents is 1. The quantitative estimate of drug-likeness (QED) is 0.265. The average Bonchev–Trinajstić information content (AvgIpc) is 2.81. The number of nitrogens with zero attached hydrogens (tertiary/aromatic N) is 1. The van der Waals surface area contributed by atoms with Crippen LogP contribution in [0.1, 0.15) is 91.2 Å². The Hall–Kier alpha value is -2.81. The molecule has 2 atom stereocenters. The second-order valence-electron chi connectivity index (χ2n) is 9.97. The van der Waals surface area contributed by atoms with E-state index in [0.717, 1.165) is 38.5 Å². The van der Waals surface area contributed by atoms with E-state index in [2.05, 4.69) is 17.6 Å². The number of aliphatic hydroxyl groups excluding tert-OH is 1. The van der Waals surface area contributed by atoms with E-state index in [0.29, 0.717) is 18.5 Å². The lowest BCUT2D eigenvalue weighted by atomic mass is 10.0. The average molecular weight is 508 g/mol. The van der Waals surface area contributed by atoms with Gasteiger partial charge in [0, 0.05) is 13.1 Å². The van der Waals surface area contributed by atoms with Crippen LogP contribution in [0.25, 0.3) is 0 Å². The van der Waals surface area contributed by atoms with Crippen molar-refractivity contribution in [2.24, 2.45) is 0 Å². The molecule has 1 rings (SSSR count). The molecule has 4 N–H and O–H groups in total. The molecule has 9 heteroatoms. The summed E-state index contributed by atoms with van der Waals surface area (Å²) in [5.74, 6) is -0.895. The van der Waals surface area contributed by atoms with E-state index < -0.39 is 36.3 Å². The number of alkyl carbamates (subject to hydrolysis) is 1. The molecular weight excluding hydrogens is 462 g/mol. The molecule has 9 nitrogen and oxygen atoms in total. The van der Waals surface area contributed by atoms with Gasteiger partial charge in [-0.1, -0.05) is 58.1 Å². The highest BCUT2D eigenvalue weighted by molar-refractivity contribution is 5.92. The van der Waals surface area contributed by atoms with Crippen molar-refractivity contribution < 1.29 is 29.3 Å². The molecule has 0 heterocycles. The van der Waals surface area contributed by atoms with Gasteiger partial charge in [-0.05, 0) is 51.3 Å². The van der Waals surface area contributed by atoms with Crippen LogP contribution in [0.2, 0.25) is 0 Å². The number of nitrogens with one attached hydrogen (secondary N) is 2. The van der Waals surface area contributed by atoms with E-state index in [4.69, 9.17) is 4.74 Å². The van der Waals surface area contributed by atoms with Gasteiger partial charge in [-0.15, -0.1) is 0 Å². The summed E-state index contributed by atoms with van der Waals surface area (Å²) in [5.41, 5.74) is -0.252. The maximum absolute atomic E-state index is 13.7. The number of ether oxygens (including phenoxy) is 1. The van der Waals surface area contributed by atoms with Gasteiger partial charge in [0.1, 0.15) is 23.4 Å². The molecular formula is C27H45N3O6. The van der Waals surface area contributed by atoms with Crippen LogP contribution >= 0.6 is 0 Å². The molecule has 204 valence electrons. The fraction of sp³-hybridized carbons (Fsp3) is 0.667. The Bertz CT molecular complexity index is 807. The minimum Gasteiger partial charge on any atom is -0.508 e. The van der Waals surface area contributed by atoms with Gasteiger partial charge < -0.3 is 30.5 Å². The van der Waals surface area contributed by atoms with Crippen molar-refractivity contribution in [2.75, 3.05) is 19.7 Å². The van der Waals surface area contributed by atoms with Crippen LogP contribution in [-0.2, 0) is 14.3 Å². The van der Waals surface area contributed by atoms with Crippen molar-refractivity contribution in [3.05, 3.63) is 29.8 Å². The first-order valence-corrected chi connectivity index (χ1v) is 13.0. The molecule has 0 aromatic heterocycles. The smallest absolute Gasteiger partial charge is 0.408 e. The molecule has 0 bridgehead atoms. The summed E-state index contributed by atoms with van der Waals surface area (Å²) in [5, 5.41) is 25.1. The van der Waals surface area contributed by atoms with Gasteiger partial charge in [-0.3, -0.25) is 9.59 Å². The van der Waals surface area contributed by atoms with E-state index in [9.17, 15) is 24.6 Å². The normalized spacial score (nSPS) is 12.9.